The number of carbonyl (C=O) groups excluding carboxylic acids is 2. The molecule has 2 fully saturated rings. The largest absolute Gasteiger partial charge is 0.507 e. The molecule has 1 atom stereocenters. The summed E-state index contributed by atoms with van der Waals surface area (Å²) in [5.41, 5.74) is 12.1. The number of aromatic hydroxyl groups is 1. The van der Waals surface area contributed by atoms with Gasteiger partial charge in [-0.25, -0.2) is 4.98 Å². The molecule has 2 aliphatic rings. The first-order valence-electron chi connectivity index (χ1n) is 17.8. The predicted octanol–water partition coefficient (Wildman–Crippen LogP) is 5.83. The van der Waals surface area contributed by atoms with Gasteiger partial charge in [-0.3, -0.25) is 19.6 Å². The van der Waals surface area contributed by atoms with Crippen molar-refractivity contribution in [3.63, 3.8) is 0 Å². The number of pyridine rings is 1. The number of anilines is 1. The SMILES string of the molecule is Nc1nnc(-c2ccccc2O)cc1-c1cnn(C2CCN(CCCCCc3ccc4c(c3)c3cccnc3n4C3CCC(=O)NC3=O)CC2)c1. The van der Waals surface area contributed by atoms with Gasteiger partial charge in [0.15, 0.2) is 5.82 Å². The molecule has 2 saturated heterocycles. The lowest BCUT2D eigenvalue weighted by Crippen LogP contribution is -2.41. The molecule has 4 aromatic heterocycles. The van der Waals surface area contributed by atoms with Crippen LogP contribution < -0.4 is 11.1 Å². The van der Waals surface area contributed by atoms with Gasteiger partial charge in [0.2, 0.25) is 11.8 Å². The Kier molecular flexibility index (Phi) is 8.91. The van der Waals surface area contributed by atoms with Gasteiger partial charge in [-0.05, 0) is 93.1 Å². The number of amides is 2. The van der Waals surface area contributed by atoms with E-state index in [0.29, 0.717) is 36.0 Å². The molecular formula is C39H41N9O3. The molecule has 1 unspecified atom stereocenters. The lowest BCUT2D eigenvalue weighted by Gasteiger charge is -2.32. The molecule has 0 spiro atoms. The Hall–Kier alpha value is -5.62. The fraction of sp³-hybridized carbons (Fsp3) is 0.333. The van der Waals surface area contributed by atoms with Gasteiger partial charge in [0, 0.05) is 59.4 Å². The molecule has 4 N–H and O–H groups in total. The molecular weight excluding hydrogens is 642 g/mol. The summed E-state index contributed by atoms with van der Waals surface area (Å²) >= 11 is 0. The van der Waals surface area contributed by atoms with E-state index in [1.165, 1.54) is 5.56 Å². The molecule has 260 valence electrons. The number of aryl methyl sites for hydroxylation is 1. The van der Waals surface area contributed by atoms with Crippen molar-refractivity contribution in [3.8, 4) is 28.1 Å². The molecule has 6 aromatic rings. The third kappa shape index (κ3) is 6.54. The van der Waals surface area contributed by atoms with Crippen LogP contribution in [0.25, 0.3) is 44.3 Å². The normalized spacial score (nSPS) is 17.4. The van der Waals surface area contributed by atoms with Gasteiger partial charge in [0.1, 0.15) is 17.4 Å². The van der Waals surface area contributed by atoms with Gasteiger partial charge in [-0.15, -0.1) is 10.2 Å². The predicted molar refractivity (Wildman–Crippen MR) is 196 cm³/mol. The van der Waals surface area contributed by atoms with E-state index in [0.717, 1.165) is 91.2 Å². The lowest BCUT2D eigenvalue weighted by molar-refractivity contribution is -0.135. The maximum absolute atomic E-state index is 12.8. The quantitative estimate of drug-likeness (QED) is 0.119. The molecule has 2 aliphatic heterocycles. The Bertz CT molecular complexity index is 2230. The van der Waals surface area contributed by atoms with E-state index in [2.05, 4.69) is 54.3 Å². The fourth-order valence-electron chi connectivity index (χ4n) is 7.70. The number of phenolic OH excluding ortho intramolecular Hbond substituents is 1. The smallest absolute Gasteiger partial charge is 0.249 e. The van der Waals surface area contributed by atoms with E-state index >= 15 is 0 Å². The number of carbonyl (C=O) groups is 2. The number of fused-ring (bicyclic) bond motifs is 3. The molecule has 0 radical (unpaired) electrons. The summed E-state index contributed by atoms with van der Waals surface area (Å²) in [6, 6.07) is 19.3. The highest BCUT2D eigenvalue weighted by atomic mass is 16.3. The van der Waals surface area contributed by atoms with Crippen LogP contribution in [0.15, 0.2) is 79.3 Å². The van der Waals surface area contributed by atoms with Crippen LogP contribution in [-0.4, -0.2) is 71.0 Å². The van der Waals surface area contributed by atoms with Crippen molar-refractivity contribution in [3.05, 3.63) is 84.8 Å². The molecule has 0 aliphatic carbocycles. The molecule has 12 heteroatoms. The monoisotopic (exact) mass is 683 g/mol. The van der Waals surface area contributed by atoms with E-state index in [1.807, 2.05) is 41.2 Å². The first kappa shape index (κ1) is 32.6. The second-order valence-corrected chi connectivity index (χ2v) is 13.7. The Morgan fingerprint density at radius 1 is 0.902 bits per heavy atom. The minimum Gasteiger partial charge on any atom is -0.507 e. The van der Waals surface area contributed by atoms with Gasteiger partial charge in [0.05, 0.1) is 23.4 Å². The zero-order chi connectivity index (χ0) is 34.9. The second-order valence-electron chi connectivity index (χ2n) is 13.7. The molecule has 0 saturated carbocycles. The average molecular weight is 684 g/mol. The number of hydrogen-bond acceptors (Lipinski definition) is 9. The number of nitrogens with zero attached hydrogens (tertiary/aromatic N) is 7. The Morgan fingerprint density at radius 3 is 2.61 bits per heavy atom. The van der Waals surface area contributed by atoms with Gasteiger partial charge in [-0.1, -0.05) is 24.6 Å². The molecule has 51 heavy (non-hydrogen) atoms. The average Bonchev–Trinajstić information content (AvgIpc) is 3.76. The Balaban J connectivity index is 0.834. The molecule has 6 heterocycles. The maximum Gasteiger partial charge on any atom is 0.249 e. The van der Waals surface area contributed by atoms with Crippen LogP contribution in [0.5, 0.6) is 5.75 Å². The van der Waals surface area contributed by atoms with Crippen LogP contribution in [0, 0.1) is 0 Å². The number of likely N-dealkylation sites (tertiary alicyclic amines) is 1. The van der Waals surface area contributed by atoms with Crippen LogP contribution in [-0.2, 0) is 16.0 Å². The number of piperidine rings is 2. The van der Waals surface area contributed by atoms with Gasteiger partial charge in [-0.2, -0.15) is 5.10 Å². The summed E-state index contributed by atoms with van der Waals surface area (Å²) < 4.78 is 4.06. The highest BCUT2D eigenvalue weighted by molar-refractivity contribution is 6.09. The van der Waals surface area contributed by atoms with Crippen LogP contribution in [0.3, 0.4) is 0 Å². The number of hydrogen-bond donors (Lipinski definition) is 3. The minimum atomic E-state index is -0.444. The number of aromatic nitrogens is 6. The van der Waals surface area contributed by atoms with E-state index in [-0.39, 0.29) is 17.6 Å². The first-order valence-corrected chi connectivity index (χ1v) is 17.8. The molecule has 2 amide bonds. The van der Waals surface area contributed by atoms with E-state index < -0.39 is 6.04 Å². The van der Waals surface area contributed by atoms with Crippen molar-refractivity contribution in [1.29, 1.82) is 0 Å². The summed E-state index contributed by atoms with van der Waals surface area (Å²) in [6.07, 6.45) is 12.9. The standard InChI is InChI=1S/C39H41N9O3/c40-37-30(22-32(44-45-37)29-8-3-4-10-35(29)49)26-23-42-47(24-26)27-15-19-46(20-16-27)18-5-1-2-7-25-11-12-33-31(21-25)28-9-6-17-41-38(28)48(33)34-13-14-36(50)43-39(34)51/h3-4,6,8-12,17,21-24,27,34,49H,1-2,5,7,13-16,18-20H2,(H2,40,45)(H,43,50,51). The van der Waals surface area contributed by atoms with Gasteiger partial charge < -0.3 is 20.3 Å². The highest BCUT2D eigenvalue weighted by Crippen LogP contribution is 2.35. The van der Waals surface area contributed by atoms with E-state index in [1.54, 1.807) is 18.3 Å². The molecule has 0 bridgehead atoms. The number of phenols is 1. The number of benzene rings is 2. The highest BCUT2D eigenvalue weighted by Gasteiger charge is 2.31. The van der Waals surface area contributed by atoms with Gasteiger partial charge in [0.25, 0.3) is 0 Å². The first-order chi connectivity index (χ1) is 24.9. The van der Waals surface area contributed by atoms with Crippen molar-refractivity contribution in [1.82, 2.24) is 39.7 Å². The zero-order valence-electron chi connectivity index (χ0n) is 28.4. The number of nitrogen functional groups attached to an aromatic ring is 1. The van der Waals surface area contributed by atoms with Crippen LogP contribution >= 0.6 is 0 Å². The number of unbranched alkanes of at least 4 members (excludes halogenated alkanes) is 2. The van der Waals surface area contributed by atoms with Crippen molar-refractivity contribution < 1.29 is 14.7 Å². The molecule has 8 rings (SSSR count). The summed E-state index contributed by atoms with van der Waals surface area (Å²) in [5.74, 6) is 0.00673. The number of nitrogens with two attached hydrogens (primary N) is 1. The summed E-state index contributed by atoms with van der Waals surface area (Å²) in [6.45, 7) is 3.17. The lowest BCUT2D eigenvalue weighted by atomic mass is 10.0. The van der Waals surface area contributed by atoms with Crippen molar-refractivity contribution in [2.24, 2.45) is 0 Å². The van der Waals surface area contributed by atoms with Crippen LogP contribution in [0.2, 0.25) is 0 Å². The maximum atomic E-state index is 12.8. The summed E-state index contributed by atoms with van der Waals surface area (Å²) in [4.78, 5) is 31.8. The van der Waals surface area contributed by atoms with Crippen molar-refractivity contribution in [2.75, 3.05) is 25.4 Å². The van der Waals surface area contributed by atoms with E-state index in [9.17, 15) is 14.7 Å². The number of rotatable bonds is 10. The van der Waals surface area contributed by atoms with Crippen molar-refractivity contribution >= 4 is 39.6 Å². The van der Waals surface area contributed by atoms with Crippen LogP contribution in [0.4, 0.5) is 5.82 Å². The number of nitrogens with one attached hydrogen (secondary N) is 1. The third-order valence-corrected chi connectivity index (χ3v) is 10.4. The minimum absolute atomic E-state index is 0.148. The third-order valence-electron chi connectivity index (χ3n) is 10.4. The van der Waals surface area contributed by atoms with Crippen molar-refractivity contribution in [2.45, 2.75) is 63.5 Å². The van der Waals surface area contributed by atoms with Gasteiger partial charge >= 0.3 is 0 Å². The Labute approximate surface area is 295 Å². The molecule has 12 nitrogen and oxygen atoms in total. The topological polar surface area (TPSA) is 157 Å². The zero-order valence-corrected chi connectivity index (χ0v) is 28.4. The summed E-state index contributed by atoms with van der Waals surface area (Å²) in [5, 5.41) is 28.0. The Morgan fingerprint density at radius 2 is 1.76 bits per heavy atom. The number of imide groups is 1. The second kappa shape index (κ2) is 13.9. The summed E-state index contributed by atoms with van der Waals surface area (Å²) in [7, 11) is 0. The van der Waals surface area contributed by atoms with E-state index in [4.69, 9.17) is 10.8 Å². The van der Waals surface area contributed by atoms with Crippen LogP contribution in [0.1, 0.15) is 62.6 Å². The number of para-hydroxylation sites is 1. The fourth-order valence-corrected chi connectivity index (χ4v) is 7.70. The molecule has 2 aromatic carbocycles.